The van der Waals surface area contributed by atoms with Gasteiger partial charge in [-0.05, 0) is 58.4 Å². The highest BCUT2D eigenvalue weighted by Gasteiger charge is 2.49. The Morgan fingerprint density at radius 1 is 0.848 bits per heavy atom. The van der Waals surface area contributed by atoms with Gasteiger partial charge in [0.2, 0.25) is 0 Å². The molecule has 1 fully saturated rings. The van der Waals surface area contributed by atoms with Gasteiger partial charge in [0, 0.05) is 30.3 Å². The lowest BCUT2D eigenvalue weighted by molar-refractivity contribution is -0.0500. The van der Waals surface area contributed by atoms with Gasteiger partial charge in [0.1, 0.15) is 17.2 Å². The van der Waals surface area contributed by atoms with E-state index in [0.29, 0.717) is 36.1 Å². The molecule has 46 heavy (non-hydrogen) atoms. The third-order valence-corrected chi connectivity index (χ3v) is 9.81. The third-order valence-electron chi connectivity index (χ3n) is 8.84. The molecule has 10 heteroatoms. The number of benzene rings is 4. The molecule has 0 aromatic heterocycles. The van der Waals surface area contributed by atoms with Gasteiger partial charge in [-0.1, -0.05) is 87.7 Å². The van der Waals surface area contributed by atoms with Crippen LogP contribution in [0.3, 0.4) is 0 Å². The lowest BCUT2D eigenvalue weighted by Crippen LogP contribution is -2.34. The molecule has 1 saturated carbocycles. The number of rotatable bonds is 8. The molecule has 2 aliphatic rings. The summed E-state index contributed by atoms with van der Waals surface area (Å²) >= 11 is 0. The molecule has 0 bridgehead atoms. The lowest BCUT2D eigenvalue weighted by Gasteiger charge is -2.40. The van der Waals surface area contributed by atoms with Gasteiger partial charge in [0.05, 0.1) is 20.3 Å². The normalized spacial score (nSPS) is 17.2. The van der Waals surface area contributed by atoms with Crippen molar-refractivity contribution in [3.05, 3.63) is 101 Å². The molecule has 4 aromatic carbocycles. The molecule has 6 nitrogen and oxygen atoms in total. The first-order valence-corrected chi connectivity index (χ1v) is 17.1. The molecule has 0 N–H and O–H groups in total. The fraction of sp³-hybridized carbons (Fsp3) is 0.389. The number of alkyl halides is 3. The summed E-state index contributed by atoms with van der Waals surface area (Å²) in [6.07, 6.45) is 5.46. The van der Waals surface area contributed by atoms with E-state index in [2.05, 4.69) is 11.0 Å². The summed E-state index contributed by atoms with van der Waals surface area (Å²) in [4.78, 5) is 2.16. The first kappa shape index (κ1) is 33.6. The Bertz CT molecular complexity index is 1770. The Balaban J connectivity index is 0.00000204. The molecule has 1 heterocycles. The van der Waals surface area contributed by atoms with Crippen LogP contribution in [0.5, 0.6) is 17.2 Å². The van der Waals surface area contributed by atoms with Crippen molar-refractivity contribution in [1.29, 1.82) is 0 Å². The van der Waals surface area contributed by atoms with Gasteiger partial charge in [0.25, 0.3) is 0 Å². The largest absolute Gasteiger partial charge is 0.534 e. The zero-order valence-corrected chi connectivity index (χ0v) is 27.4. The molecule has 1 aliphatic heterocycles. The van der Waals surface area contributed by atoms with Gasteiger partial charge in [-0.25, -0.2) is 0 Å². The fourth-order valence-corrected chi connectivity index (χ4v) is 7.31. The predicted molar refractivity (Wildman–Crippen MR) is 174 cm³/mol. The molecule has 0 spiro atoms. The van der Waals surface area contributed by atoms with E-state index >= 15 is 0 Å². The van der Waals surface area contributed by atoms with Crippen LogP contribution in [0.25, 0.3) is 10.8 Å². The highest BCUT2D eigenvalue weighted by molar-refractivity contribution is 7.88. The molecule has 1 unspecified atom stereocenters. The minimum atomic E-state index is -5.92. The van der Waals surface area contributed by atoms with Gasteiger partial charge in [-0.2, -0.15) is 21.6 Å². The smallest absolute Gasteiger partial charge is 0.497 e. The van der Waals surface area contributed by atoms with Gasteiger partial charge >= 0.3 is 15.6 Å². The summed E-state index contributed by atoms with van der Waals surface area (Å²) in [6.45, 7) is 4.87. The second-order valence-corrected chi connectivity index (χ2v) is 13.0. The zero-order chi connectivity index (χ0) is 33.1. The van der Waals surface area contributed by atoms with Crippen molar-refractivity contribution >= 4 is 20.9 Å². The highest BCUT2D eigenvalue weighted by Crippen LogP contribution is 2.50. The number of hydrogen-bond donors (Lipinski definition) is 0. The van der Waals surface area contributed by atoms with Crippen molar-refractivity contribution in [2.24, 2.45) is 0 Å². The van der Waals surface area contributed by atoms with Gasteiger partial charge < -0.3 is 13.7 Å². The maximum absolute atomic E-state index is 13.7. The van der Waals surface area contributed by atoms with E-state index in [4.69, 9.17) is 13.7 Å². The summed E-state index contributed by atoms with van der Waals surface area (Å²) in [5, 5.41) is 1.59. The van der Waals surface area contributed by atoms with Crippen molar-refractivity contribution in [1.82, 2.24) is 4.90 Å². The Labute approximate surface area is 269 Å². The first-order valence-electron chi connectivity index (χ1n) is 15.7. The van der Waals surface area contributed by atoms with Crippen LogP contribution in [0, 0.1) is 0 Å². The van der Waals surface area contributed by atoms with E-state index in [0.717, 1.165) is 58.7 Å². The Morgan fingerprint density at radius 3 is 2.20 bits per heavy atom. The molecule has 4 aromatic rings. The fourth-order valence-electron chi connectivity index (χ4n) is 6.83. The molecule has 246 valence electrons. The van der Waals surface area contributed by atoms with Gasteiger partial charge in [-0.15, -0.1) is 0 Å². The zero-order valence-electron chi connectivity index (χ0n) is 26.6. The van der Waals surface area contributed by atoms with Gasteiger partial charge in [0.15, 0.2) is 0 Å². The standard InChI is InChI=1S/C34H34F3NO5S.C2H6/c1-41-26-16-13-25(30(19-26)42-2)20-38-21-28-27(22-9-5-3-6-10-22)17-14-23-15-18-29(43-44(39,40)34(35,36)37)32(31(23)28)33(38)24-11-7-4-8-12-24;1-2/h4,7-8,11-19,22,33H,3,5-6,9-10,20-21H2,1-2H3;1-2H3. The number of ether oxygens (including phenoxy) is 2. The summed E-state index contributed by atoms with van der Waals surface area (Å²) in [6, 6.07) is 21.5. The maximum atomic E-state index is 13.7. The Kier molecular flexibility index (Phi) is 10.2. The number of hydrogen-bond acceptors (Lipinski definition) is 6. The van der Waals surface area contributed by atoms with E-state index < -0.39 is 21.7 Å². The monoisotopic (exact) mass is 655 g/mol. The number of halogens is 3. The Morgan fingerprint density at radius 2 is 1.54 bits per heavy atom. The molecule has 0 radical (unpaired) electrons. The molecule has 1 atom stereocenters. The second-order valence-electron chi connectivity index (χ2n) is 11.4. The summed E-state index contributed by atoms with van der Waals surface area (Å²) in [5.74, 6) is 1.23. The average Bonchev–Trinajstić information content (AvgIpc) is 3.07. The van der Waals surface area contributed by atoms with Crippen molar-refractivity contribution in [2.45, 2.75) is 76.5 Å². The molecule has 6 rings (SSSR count). The van der Waals surface area contributed by atoms with E-state index in [-0.39, 0.29) is 5.75 Å². The molecular weight excluding hydrogens is 615 g/mol. The molecule has 1 aliphatic carbocycles. The van der Waals surface area contributed by atoms with E-state index in [9.17, 15) is 21.6 Å². The average molecular weight is 656 g/mol. The molecular formula is C36H40F3NO5S. The van der Waals surface area contributed by atoms with Crippen molar-refractivity contribution in [3.8, 4) is 17.2 Å². The SMILES string of the molecule is CC.COc1ccc(CN2Cc3c(C4CCCCC4)ccc4ccc(OS(=O)(=O)C(F)(F)F)c(c34)C2c2ccccc2)c(OC)c1. The quantitative estimate of drug-likeness (QED) is 0.139. The Hall–Kier alpha value is -3.76. The summed E-state index contributed by atoms with van der Waals surface area (Å²) in [5.41, 5.74) is -1.35. The predicted octanol–water partition coefficient (Wildman–Crippen LogP) is 9.26. The van der Waals surface area contributed by atoms with Crippen LogP contribution in [0.2, 0.25) is 0 Å². The highest BCUT2D eigenvalue weighted by atomic mass is 32.2. The van der Waals surface area contributed by atoms with E-state index in [1.807, 2.05) is 62.4 Å². The van der Waals surface area contributed by atoms with Crippen molar-refractivity contribution in [3.63, 3.8) is 0 Å². The topological polar surface area (TPSA) is 65.1 Å². The van der Waals surface area contributed by atoms with E-state index in [1.54, 1.807) is 26.4 Å². The van der Waals surface area contributed by atoms with Crippen LogP contribution in [0.4, 0.5) is 13.2 Å². The van der Waals surface area contributed by atoms with Crippen LogP contribution >= 0.6 is 0 Å². The molecule has 0 saturated heterocycles. The minimum absolute atomic E-state index is 0.310. The minimum Gasteiger partial charge on any atom is -0.497 e. The summed E-state index contributed by atoms with van der Waals surface area (Å²) in [7, 11) is -2.77. The lowest BCUT2D eigenvalue weighted by atomic mass is 9.77. The van der Waals surface area contributed by atoms with Crippen LogP contribution < -0.4 is 13.7 Å². The summed E-state index contributed by atoms with van der Waals surface area (Å²) < 4.78 is 81.9. The second kappa shape index (κ2) is 13.9. The molecule has 0 amide bonds. The van der Waals surface area contributed by atoms with Crippen LogP contribution in [0.1, 0.15) is 85.7 Å². The van der Waals surface area contributed by atoms with E-state index in [1.165, 1.54) is 12.5 Å². The number of methoxy groups -OCH3 is 2. The van der Waals surface area contributed by atoms with Gasteiger partial charge in [-0.3, -0.25) is 4.90 Å². The van der Waals surface area contributed by atoms with Crippen molar-refractivity contribution < 1.29 is 35.2 Å². The third kappa shape index (κ3) is 6.55. The van der Waals surface area contributed by atoms with Crippen LogP contribution in [-0.2, 0) is 23.2 Å². The maximum Gasteiger partial charge on any atom is 0.534 e. The number of nitrogens with zero attached hydrogens (tertiary/aromatic N) is 1. The van der Waals surface area contributed by atoms with Crippen molar-refractivity contribution in [2.75, 3.05) is 14.2 Å². The van der Waals surface area contributed by atoms with Crippen LogP contribution in [0.15, 0.2) is 72.8 Å². The van der Waals surface area contributed by atoms with Crippen LogP contribution in [-0.4, -0.2) is 33.0 Å². The first-order chi connectivity index (χ1) is 22.1.